The molecule has 27 heavy (non-hydrogen) atoms. The molecule has 10 nitrogen and oxygen atoms in total. The number of nitro benzene ring substituents is 1. The van der Waals surface area contributed by atoms with Gasteiger partial charge in [-0.25, -0.2) is 0 Å². The van der Waals surface area contributed by atoms with Gasteiger partial charge in [0.15, 0.2) is 17.9 Å². The molecule has 0 radical (unpaired) electrons. The van der Waals surface area contributed by atoms with Crippen molar-refractivity contribution in [3.63, 3.8) is 0 Å². The van der Waals surface area contributed by atoms with Crippen LogP contribution in [-0.4, -0.2) is 28.3 Å². The Kier molecular flexibility index (Phi) is 4.97. The number of carbonyl (C=O) groups is 2. The van der Waals surface area contributed by atoms with Crippen LogP contribution in [0.4, 0.5) is 17.4 Å². The summed E-state index contributed by atoms with van der Waals surface area (Å²) < 4.78 is 10.6. The number of hydrogen-bond acceptors (Lipinski definition) is 7. The zero-order valence-corrected chi connectivity index (χ0v) is 14.1. The molecule has 138 valence electrons. The molecule has 1 heterocycles. The number of anilines is 2. The summed E-state index contributed by atoms with van der Waals surface area (Å²) in [6.07, 6.45) is 0. The van der Waals surface area contributed by atoms with Gasteiger partial charge in [-0.1, -0.05) is 12.1 Å². The van der Waals surface area contributed by atoms with Gasteiger partial charge in [-0.3, -0.25) is 25.0 Å². The fraction of sp³-hybridized carbons (Fsp3) is 0.118. The van der Waals surface area contributed by atoms with Gasteiger partial charge in [0.25, 0.3) is 5.91 Å². The summed E-state index contributed by atoms with van der Waals surface area (Å²) in [5, 5.41) is 15.9. The number of fused-ring (bicyclic) bond motifs is 1. The summed E-state index contributed by atoms with van der Waals surface area (Å²) in [7, 11) is 0. The fourth-order valence-electron chi connectivity index (χ4n) is 2.29. The van der Waals surface area contributed by atoms with Gasteiger partial charge >= 0.3 is 11.7 Å². The van der Waals surface area contributed by atoms with Gasteiger partial charge in [0, 0.05) is 24.7 Å². The molecule has 10 heteroatoms. The van der Waals surface area contributed by atoms with Crippen LogP contribution in [0, 0.1) is 10.1 Å². The lowest BCUT2D eigenvalue weighted by molar-refractivity contribution is -0.385. The Morgan fingerprint density at radius 1 is 1.22 bits per heavy atom. The van der Waals surface area contributed by atoms with Gasteiger partial charge in [-0.15, -0.1) is 0 Å². The zero-order chi connectivity index (χ0) is 19.4. The van der Waals surface area contributed by atoms with Crippen LogP contribution >= 0.6 is 0 Å². The first-order valence-electron chi connectivity index (χ1n) is 7.76. The molecule has 2 N–H and O–H groups in total. The molecule has 0 atom stereocenters. The smallest absolute Gasteiger partial charge is 0.310 e. The van der Waals surface area contributed by atoms with E-state index in [-0.39, 0.29) is 23.4 Å². The van der Waals surface area contributed by atoms with E-state index in [1.165, 1.54) is 25.1 Å². The Labute approximate surface area is 152 Å². The molecule has 3 rings (SSSR count). The van der Waals surface area contributed by atoms with Gasteiger partial charge in [-0.2, -0.15) is 4.98 Å². The molecule has 0 spiro atoms. The SMILES string of the molecule is CC(=O)Nc1ccc2nc(NC(=O)COc3ccccc3[N+](=O)[O-])oc2c1. The third-order valence-electron chi connectivity index (χ3n) is 3.38. The lowest BCUT2D eigenvalue weighted by Gasteiger charge is -2.05. The van der Waals surface area contributed by atoms with E-state index in [9.17, 15) is 19.7 Å². The van der Waals surface area contributed by atoms with Crippen molar-refractivity contribution in [2.24, 2.45) is 0 Å². The molecule has 0 aliphatic rings. The largest absolute Gasteiger partial charge is 0.477 e. The number of hydrogen-bond donors (Lipinski definition) is 2. The lowest BCUT2D eigenvalue weighted by atomic mass is 10.3. The number of para-hydroxylation sites is 2. The molecule has 0 bridgehead atoms. The fourth-order valence-corrected chi connectivity index (χ4v) is 2.29. The Morgan fingerprint density at radius 2 is 2.00 bits per heavy atom. The number of oxazole rings is 1. The van der Waals surface area contributed by atoms with E-state index in [1.54, 1.807) is 24.3 Å². The van der Waals surface area contributed by atoms with Gasteiger partial charge in [0.05, 0.1) is 4.92 Å². The molecular formula is C17H14N4O6. The number of nitrogens with one attached hydrogen (secondary N) is 2. The predicted octanol–water partition coefficient (Wildman–Crippen LogP) is 2.71. The maximum absolute atomic E-state index is 12.0. The third kappa shape index (κ3) is 4.37. The maximum Gasteiger partial charge on any atom is 0.310 e. The monoisotopic (exact) mass is 370 g/mol. The molecule has 0 saturated carbocycles. The van der Waals surface area contributed by atoms with E-state index in [0.717, 1.165) is 0 Å². The maximum atomic E-state index is 12.0. The van der Waals surface area contributed by atoms with Gasteiger partial charge in [0.2, 0.25) is 5.91 Å². The summed E-state index contributed by atoms with van der Waals surface area (Å²) in [5.41, 5.74) is 1.15. The van der Waals surface area contributed by atoms with Gasteiger partial charge in [0.1, 0.15) is 5.52 Å². The van der Waals surface area contributed by atoms with Crippen LogP contribution in [0.3, 0.4) is 0 Å². The molecule has 0 unspecified atom stereocenters. The van der Waals surface area contributed by atoms with E-state index in [1.807, 2.05) is 0 Å². The molecule has 2 aromatic carbocycles. The molecular weight excluding hydrogens is 356 g/mol. The van der Waals surface area contributed by atoms with Crippen molar-refractivity contribution < 1.29 is 23.7 Å². The van der Waals surface area contributed by atoms with Crippen LogP contribution in [0.15, 0.2) is 46.9 Å². The molecule has 1 aromatic heterocycles. The highest BCUT2D eigenvalue weighted by atomic mass is 16.6. The molecule has 0 aliphatic carbocycles. The van der Waals surface area contributed by atoms with E-state index < -0.39 is 17.4 Å². The van der Waals surface area contributed by atoms with Crippen molar-refractivity contribution in [3.8, 4) is 5.75 Å². The summed E-state index contributed by atoms with van der Waals surface area (Å²) in [6, 6.07) is 10.5. The number of aromatic nitrogens is 1. The van der Waals surface area contributed by atoms with E-state index in [0.29, 0.717) is 16.8 Å². The highest BCUT2D eigenvalue weighted by Crippen LogP contribution is 2.26. The molecule has 0 aliphatic heterocycles. The standard InChI is InChI=1S/C17H14N4O6/c1-10(22)18-11-6-7-12-15(8-11)27-17(19-12)20-16(23)9-26-14-5-3-2-4-13(14)21(24)25/h2-8H,9H2,1H3,(H,18,22)(H,19,20,23). The number of benzene rings is 2. The minimum absolute atomic E-state index is 0.0184. The third-order valence-corrected chi connectivity index (χ3v) is 3.38. The van der Waals surface area contributed by atoms with Crippen LogP contribution in [0.1, 0.15) is 6.92 Å². The van der Waals surface area contributed by atoms with Crippen LogP contribution in [0.5, 0.6) is 5.75 Å². The van der Waals surface area contributed by atoms with Crippen LogP contribution < -0.4 is 15.4 Å². The van der Waals surface area contributed by atoms with Gasteiger partial charge < -0.3 is 14.5 Å². The second-order valence-electron chi connectivity index (χ2n) is 5.44. The van der Waals surface area contributed by atoms with Crippen molar-refractivity contribution in [3.05, 3.63) is 52.6 Å². The second-order valence-corrected chi connectivity index (χ2v) is 5.44. The van der Waals surface area contributed by atoms with Crippen molar-refractivity contribution >= 4 is 40.3 Å². The highest BCUT2D eigenvalue weighted by molar-refractivity contribution is 5.93. The number of rotatable bonds is 6. The summed E-state index contributed by atoms with van der Waals surface area (Å²) in [5.74, 6) is -0.841. The average molecular weight is 370 g/mol. The van der Waals surface area contributed by atoms with Crippen LogP contribution in [0.25, 0.3) is 11.1 Å². The topological polar surface area (TPSA) is 137 Å². The van der Waals surface area contributed by atoms with Crippen molar-refractivity contribution in [1.29, 1.82) is 0 Å². The number of amides is 2. The predicted molar refractivity (Wildman–Crippen MR) is 95.5 cm³/mol. The first kappa shape index (κ1) is 17.9. The normalized spacial score (nSPS) is 10.4. The quantitative estimate of drug-likeness (QED) is 0.503. The molecule has 3 aromatic rings. The van der Waals surface area contributed by atoms with Crippen molar-refractivity contribution in [1.82, 2.24) is 4.98 Å². The zero-order valence-electron chi connectivity index (χ0n) is 14.1. The minimum atomic E-state index is -0.597. The molecule has 0 saturated heterocycles. The Morgan fingerprint density at radius 3 is 2.74 bits per heavy atom. The Bertz CT molecular complexity index is 1030. The van der Waals surface area contributed by atoms with Crippen LogP contribution in [-0.2, 0) is 9.59 Å². The minimum Gasteiger partial charge on any atom is -0.477 e. The summed E-state index contributed by atoms with van der Waals surface area (Å²) in [4.78, 5) is 37.5. The Balaban J connectivity index is 1.66. The number of carbonyl (C=O) groups excluding carboxylic acids is 2. The number of nitro groups is 1. The van der Waals surface area contributed by atoms with Gasteiger partial charge in [-0.05, 0) is 18.2 Å². The van der Waals surface area contributed by atoms with Crippen LogP contribution in [0.2, 0.25) is 0 Å². The van der Waals surface area contributed by atoms with E-state index in [4.69, 9.17) is 9.15 Å². The Hall–Kier alpha value is -3.95. The molecule has 2 amide bonds. The second kappa shape index (κ2) is 7.52. The molecule has 0 fully saturated rings. The first-order valence-corrected chi connectivity index (χ1v) is 7.76. The highest BCUT2D eigenvalue weighted by Gasteiger charge is 2.16. The summed E-state index contributed by atoms with van der Waals surface area (Å²) >= 11 is 0. The lowest BCUT2D eigenvalue weighted by Crippen LogP contribution is -2.20. The average Bonchev–Trinajstić information content (AvgIpc) is 3.01. The number of nitrogens with zero attached hydrogens (tertiary/aromatic N) is 2. The number of ether oxygens (including phenoxy) is 1. The van der Waals surface area contributed by atoms with E-state index in [2.05, 4.69) is 15.6 Å². The summed E-state index contributed by atoms with van der Waals surface area (Å²) in [6.45, 7) is 0.925. The van der Waals surface area contributed by atoms with Crippen molar-refractivity contribution in [2.45, 2.75) is 6.92 Å². The van der Waals surface area contributed by atoms with E-state index >= 15 is 0 Å². The van der Waals surface area contributed by atoms with Crippen molar-refractivity contribution in [2.75, 3.05) is 17.2 Å². The first-order chi connectivity index (χ1) is 12.9.